The van der Waals surface area contributed by atoms with Crippen LogP contribution in [0.2, 0.25) is 0 Å². The van der Waals surface area contributed by atoms with Crippen molar-refractivity contribution < 1.29 is 9.59 Å². The Hall–Kier alpha value is -1.76. The number of carbonyl (C=O) groups is 2. The van der Waals surface area contributed by atoms with Crippen molar-refractivity contribution in [3.8, 4) is 0 Å². The van der Waals surface area contributed by atoms with Crippen LogP contribution >= 0.6 is 54.5 Å². The molecule has 2 amide bonds. The molecule has 0 aliphatic heterocycles. The van der Waals surface area contributed by atoms with Crippen molar-refractivity contribution in [2.75, 3.05) is 10.6 Å². The first-order valence-corrected chi connectivity index (χ1v) is 9.53. The molecular formula is C12H6Br2N6O2S2. The van der Waals surface area contributed by atoms with E-state index in [-0.39, 0.29) is 11.8 Å². The Balaban J connectivity index is 1.82. The summed E-state index contributed by atoms with van der Waals surface area (Å²) in [7, 11) is 0. The smallest absolute Gasteiger partial charge is 0.258 e. The van der Waals surface area contributed by atoms with Gasteiger partial charge in [-0.3, -0.25) is 20.2 Å². The standard InChI is InChI=1S/C12H6Br2N6O2S2/c13-7-1-5(9(21)17-11-19-15-3-23-11)8(14)2-6(7)10(22)18-12-20-16-4-24-12/h1-4H,(H,17,19,21)(H,18,20,22). The molecule has 3 rings (SSSR count). The number of nitrogens with zero attached hydrogens (tertiary/aromatic N) is 4. The van der Waals surface area contributed by atoms with Crippen molar-refractivity contribution in [3.63, 3.8) is 0 Å². The first-order valence-electron chi connectivity index (χ1n) is 6.18. The Bertz CT molecular complexity index is 811. The fourth-order valence-corrected chi connectivity index (χ4v) is 3.61. The van der Waals surface area contributed by atoms with Crippen LogP contribution in [0.3, 0.4) is 0 Å². The molecule has 0 aliphatic rings. The number of aromatic nitrogens is 4. The zero-order valence-corrected chi connectivity index (χ0v) is 16.3. The number of hydrogen-bond acceptors (Lipinski definition) is 8. The van der Waals surface area contributed by atoms with Crippen molar-refractivity contribution in [2.24, 2.45) is 0 Å². The summed E-state index contributed by atoms with van der Waals surface area (Å²) < 4.78 is 0.935. The van der Waals surface area contributed by atoms with Crippen molar-refractivity contribution in [1.29, 1.82) is 0 Å². The minimum absolute atomic E-state index is 0.351. The molecule has 3 aromatic rings. The third-order valence-corrected chi connectivity index (χ3v) is 5.23. The molecule has 0 aliphatic carbocycles. The summed E-state index contributed by atoms with van der Waals surface area (Å²) in [6.07, 6.45) is 0. The van der Waals surface area contributed by atoms with Crippen LogP contribution in [0.5, 0.6) is 0 Å². The van der Waals surface area contributed by atoms with E-state index in [1.54, 1.807) is 12.1 Å². The van der Waals surface area contributed by atoms with E-state index in [1.165, 1.54) is 33.7 Å². The van der Waals surface area contributed by atoms with Crippen LogP contribution in [0.15, 0.2) is 32.1 Å². The maximum atomic E-state index is 12.3. The maximum absolute atomic E-state index is 12.3. The molecule has 0 saturated heterocycles. The second-order valence-corrected chi connectivity index (χ2v) is 7.58. The summed E-state index contributed by atoms with van der Waals surface area (Å²) in [5.41, 5.74) is 3.73. The van der Waals surface area contributed by atoms with Crippen molar-refractivity contribution in [2.45, 2.75) is 0 Å². The van der Waals surface area contributed by atoms with Gasteiger partial charge in [-0.15, -0.1) is 20.4 Å². The Labute approximate surface area is 160 Å². The number of nitrogens with one attached hydrogen (secondary N) is 2. The number of anilines is 2. The molecule has 2 heterocycles. The van der Waals surface area contributed by atoms with Crippen molar-refractivity contribution >= 4 is 76.6 Å². The molecule has 12 heteroatoms. The molecule has 24 heavy (non-hydrogen) atoms. The lowest BCUT2D eigenvalue weighted by Gasteiger charge is -2.09. The minimum Gasteiger partial charge on any atom is -0.296 e. The molecular weight excluding hydrogens is 484 g/mol. The van der Waals surface area contributed by atoms with E-state index in [0.29, 0.717) is 30.3 Å². The first kappa shape index (κ1) is 17.1. The lowest BCUT2D eigenvalue weighted by atomic mass is 10.1. The second-order valence-electron chi connectivity index (χ2n) is 4.21. The van der Waals surface area contributed by atoms with Gasteiger partial charge in [0.25, 0.3) is 11.8 Å². The fraction of sp³-hybridized carbons (Fsp3) is 0. The monoisotopic (exact) mass is 488 g/mol. The minimum atomic E-state index is -0.365. The van der Waals surface area contributed by atoms with Crippen LogP contribution in [-0.4, -0.2) is 32.2 Å². The van der Waals surface area contributed by atoms with Gasteiger partial charge in [-0.2, -0.15) is 0 Å². The normalized spacial score (nSPS) is 10.4. The maximum Gasteiger partial charge on any atom is 0.258 e. The average Bonchev–Trinajstić information content (AvgIpc) is 3.22. The van der Waals surface area contributed by atoms with E-state index in [2.05, 4.69) is 62.9 Å². The quantitative estimate of drug-likeness (QED) is 0.581. The average molecular weight is 490 g/mol. The van der Waals surface area contributed by atoms with Gasteiger partial charge in [0.2, 0.25) is 10.3 Å². The predicted octanol–water partition coefficient (Wildman–Crippen LogP) is 3.42. The summed E-state index contributed by atoms with van der Waals surface area (Å²) in [4.78, 5) is 24.6. The summed E-state index contributed by atoms with van der Waals surface area (Å²) in [5.74, 6) is -0.731. The third kappa shape index (κ3) is 3.83. The lowest BCUT2D eigenvalue weighted by Crippen LogP contribution is -2.16. The molecule has 0 fully saturated rings. The van der Waals surface area contributed by atoms with Gasteiger partial charge in [0.15, 0.2) is 0 Å². The van der Waals surface area contributed by atoms with Gasteiger partial charge in [0.05, 0.1) is 11.1 Å². The Morgan fingerprint density at radius 1 is 0.833 bits per heavy atom. The van der Waals surface area contributed by atoms with Gasteiger partial charge in [-0.1, -0.05) is 22.7 Å². The van der Waals surface area contributed by atoms with E-state index in [0.717, 1.165) is 0 Å². The summed E-state index contributed by atoms with van der Waals surface area (Å²) in [6, 6.07) is 3.10. The highest BCUT2D eigenvalue weighted by Crippen LogP contribution is 2.28. The van der Waals surface area contributed by atoms with Gasteiger partial charge in [0, 0.05) is 8.95 Å². The van der Waals surface area contributed by atoms with Gasteiger partial charge < -0.3 is 0 Å². The van der Waals surface area contributed by atoms with E-state index in [9.17, 15) is 9.59 Å². The van der Waals surface area contributed by atoms with Gasteiger partial charge in [0.1, 0.15) is 11.0 Å². The van der Waals surface area contributed by atoms with E-state index in [4.69, 9.17) is 0 Å². The second kappa shape index (κ2) is 7.42. The molecule has 0 saturated carbocycles. The number of hydrogen-bond donors (Lipinski definition) is 2. The van der Waals surface area contributed by atoms with Gasteiger partial charge in [-0.25, -0.2) is 0 Å². The van der Waals surface area contributed by atoms with Crippen LogP contribution in [0.25, 0.3) is 0 Å². The summed E-state index contributed by atoms with van der Waals surface area (Å²) >= 11 is 9.04. The Kier molecular flexibility index (Phi) is 5.28. The van der Waals surface area contributed by atoms with Crippen LogP contribution in [-0.2, 0) is 0 Å². The Morgan fingerprint density at radius 3 is 1.58 bits per heavy atom. The number of halogens is 2. The molecule has 0 bridgehead atoms. The van der Waals surface area contributed by atoms with Crippen LogP contribution in [0.1, 0.15) is 20.7 Å². The molecule has 2 N–H and O–H groups in total. The van der Waals surface area contributed by atoms with Crippen LogP contribution in [0, 0.1) is 0 Å². The predicted molar refractivity (Wildman–Crippen MR) is 97.6 cm³/mol. The highest BCUT2D eigenvalue weighted by Gasteiger charge is 2.18. The molecule has 2 aromatic heterocycles. The highest BCUT2D eigenvalue weighted by molar-refractivity contribution is 9.11. The van der Waals surface area contributed by atoms with Gasteiger partial charge in [-0.05, 0) is 44.0 Å². The molecule has 0 unspecified atom stereocenters. The molecule has 0 spiro atoms. The number of amides is 2. The van der Waals surface area contributed by atoms with Gasteiger partial charge >= 0.3 is 0 Å². The third-order valence-electron chi connectivity index (χ3n) is 2.71. The first-order chi connectivity index (χ1) is 11.5. The zero-order valence-electron chi connectivity index (χ0n) is 11.5. The molecule has 0 radical (unpaired) electrons. The topological polar surface area (TPSA) is 110 Å². The molecule has 8 nitrogen and oxygen atoms in total. The number of benzene rings is 1. The lowest BCUT2D eigenvalue weighted by molar-refractivity contribution is 0.101. The Morgan fingerprint density at radius 2 is 1.25 bits per heavy atom. The summed E-state index contributed by atoms with van der Waals surface area (Å²) in [6.45, 7) is 0. The van der Waals surface area contributed by atoms with E-state index < -0.39 is 0 Å². The largest absolute Gasteiger partial charge is 0.296 e. The van der Waals surface area contributed by atoms with Crippen LogP contribution in [0.4, 0.5) is 10.3 Å². The molecule has 0 atom stereocenters. The highest BCUT2D eigenvalue weighted by atomic mass is 79.9. The van der Waals surface area contributed by atoms with E-state index >= 15 is 0 Å². The SMILES string of the molecule is O=C(Nc1nncs1)c1cc(Br)c(C(=O)Nc2nncs2)cc1Br. The van der Waals surface area contributed by atoms with Crippen LogP contribution < -0.4 is 10.6 Å². The fourth-order valence-electron chi connectivity index (χ4n) is 1.68. The molecule has 122 valence electrons. The molecule has 1 aromatic carbocycles. The zero-order chi connectivity index (χ0) is 17.1. The number of carbonyl (C=O) groups excluding carboxylic acids is 2. The number of rotatable bonds is 4. The van der Waals surface area contributed by atoms with Crippen molar-refractivity contribution in [3.05, 3.63) is 43.2 Å². The van der Waals surface area contributed by atoms with E-state index in [1.807, 2.05) is 0 Å². The summed E-state index contributed by atoms with van der Waals surface area (Å²) in [5, 5.41) is 20.9. The van der Waals surface area contributed by atoms with Crippen molar-refractivity contribution in [1.82, 2.24) is 20.4 Å².